The number of benzene rings is 2. The van der Waals surface area contributed by atoms with Crippen molar-refractivity contribution in [1.29, 1.82) is 0 Å². The highest BCUT2D eigenvalue weighted by Gasteiger charge is 2.24. The van der Waals surface area contributed by atoms with Crippen LogP contribution in [0.4, 0.5) is 5.82 Å². The summed E-state index contributed by atoms with van der Waals surface area (Å²) in [5.41, 5.74) is 6.44. The van der Waals surface area contributed by atoms with Gasteiger partial charge in [-0.3, -0.25) is 4.90 Å². The average Bonchev–Trinajstić information content (AvgIpc) is 3.24. The quantitative estimate of drug-likeness (QED) is 0.418. The van der Waals surface area contributed by atoms with Gasteiger partial charge in [-0.15, -0.1) is 0 Å². The number of fused-ring (bicyclic) bond motifs is 1. The molecule has 1 fully saturated rings. The van der Waals surface area contributed by atoms with Crippen molar-refractivity contribution in [1.82, 2.24) is 19.5 Å². The zero-order valence-electron chi connectivity index (χ0n) is 19.3. The van der Waals surface area contributed by atoms with E-state index in [1.807, 2.05) is 35.0 Å². The maximum absolute atomic E-state index is 6.23. The average molecular weight is 462 g/mol. The van der Waals surface area contributed by atoms with Gasteiger partial charge in [0.15, 0.2) is 5.65 Å². The number of anilines is 1. The first kappa shape index (κ1) is 21.7. The highest BCUT2D eigenvalue weighted by molar-refractivity contribution is 6.30. The summed E-state index contributed by atoms with van der Waals surface area (Å²) in [4.78, 5) is 9.79. The maximum Gasteiger partial charge on any atom is 0.165 e. The first-order valence-corrected chi connectivity index (χ1v) is 11.6. The van der Waals surface area contributed by atoms with Crippen LogP contribution < -0.4 is 9.64 Å². The number of ether oxygens (including phenoxy) is 1. The summed E-state index contributed by atoms with van der Waals surface area (Å²) < 4.78 is 7.55. The van der Waals surface area contributed by atoms with Crippen LogP contribution in [0.5, 0.6) is 5.75 Å². The van der Waals surface area contributed by atoms with Gasteiger partial charge < -0.3 is 9.64 Å². The second-order valence-electron chi connectivity index (χ2n) is 8.52. The van der Waals surface area contributed by atoms with Gasteiger partial charge in [-0.1, -0.05) is 41.9 Å². The molecule has 0 aliphatic carbocycles. The van der Waals surface area contributed by atoms with Gasteiger partial charge in [-0.25, -0.2) is 4.98 Å². The summed E-state index contributed by atoms with van der Waals surface area (Å²) in [7, 11) is 1.71. The molecule has 1 aliphatic heterocycles. The van der Waals surface area contributed by atoms with Crippen molar-refractivity contribution in [3.8, 4) is 16.9 Å². The van der Waals surface area contributed by atoms with Crippen molar-refractivity contribution in [2.45, 2.75) is 20.4 Å². The van der Waals surface area contributed by atoms with Crippen LogP contribution in [0.25, 0.3) is 16.8 Å². The molecule has 0 radical (unpaired) electrons. The fourth-order valence-electron chi connectivity index (χ4n) is 4.59. The third-order valence-corrected chi connectivity index (χ3v) is 6.72. The van der Waals surface area contributed by atoms with Gasteiger partial charge in [-0.2, -0.15) is 9.61 Å². The van der Waals surface area contributed by atoms with Gasteiger partial charge >= 0.3 is 0 Å². The number of nitrogens with zero attached hydrogens (tertiary/aromatic N) is 5. The Bertz CT molecular complexity index is 1280. The Kier molecular flexibility index (Phi) is 5.96. The molecular weight excluding hydrogens is 434 g/mol. The maximum atomic E-state index is 6.23. The Hall–Kier alpha value is -3.09. The molecular formula is C26H28ClN5O. The molecule has 0 spiro atoms. The smallest absolute Gasteiger partial charge is 0.165 e. The lowest BCUT2D eigenvalue weighted by Gasteiger charge is -2.37. The minimum absolute atomic E-state index is 0.739. The molecule has 3 heterocycles. The minimum Gasteiger partial charge on any atom is -0.496 e. The van der Waals surface area contributed by atoms with Crippen LogP contribution in [0.3, 0.4) is 0 Å². The molecule has 1 saturated heterocycles. The predicted octanol–water partition coefficient (Wildman–Crippen LogP) is 5.00. The predicted molar refractivity (Wildman–Crippen MR) is 133 cm³/mol. The van der Waals surface area contributed by atoms with E-state index in [9.17, 15) is 0 Å². The zero-order valence-corrected chi connectivity index (χ0v) is 20.0. The van der Waals surface area contributed by atoms with Crippen LogP contribution in [0.1, 0.15) is 16.8 Å². The fraction of sp³-hybridized carbons (Fsp3) is 0.308. The summed E-state index contributed by atoms with van der Waals surface area (Å²) in [5, 5.41) is 5.50. The second-order valence-corrected chi connectivity index (χ2v) is 8.96. The summed E-state index contributed by atoms with van der Waals surface area (Å²) >= 11 is 6.23. The van der Waals surface area contributed by atoms with Crippen LogP contribution in [0.15, 0.2) is 54.7 Å². The zero-order chi connectivity index (χ0) is 22.9. The summed E-state index contributed by atoms with van der Waals surface area (Å²) in [6.45, 7) is 8.79. The summed E-state index contributed by atoms with van der Waals surface area (Å²) in [5.74, 6) is 2.02. The van der Waals surface area contributed by atoms with Gasteiger partial charge in [0.2, 0.25) is 0 Å². The second kappa shape index (κ2) is 9.04. The third-order valence-electron chi connectivity index (χ3n) is 6.49. The van der Waals surface area contributed by atoms with Crippen molar-refractivity contribution < 1.29 is 4.74 Å². The van der Waals surface area contributed by atoms with Gasteiger partial charge in [0, 0.05) is 60.1 Å². The van der Waals surface area contributed by atoms with E-state index < -0.39 is 0 Å². The molecule has 1 aliphatic rings. The number of rotatable bonds is 5. The number of hydrogen-bond acceptors (Lipinski definition) is 5. The number of halogens is 1. The van der Waals surface area contributed by atoms with Crippen LogP contribution in [0.2, 0.25) is 5.02 Å². The van der Waals surface area contributed by atoms with Crippen LogP contribution in [-0.2, 0) is 6.54 Å². The largest absolute Gasteiger partial charge is 0.496 e. The van der Waals surface area contributed by atoms with E-state index in [1.54, 1.807) is 7.11 Å². The van der Waals surface area contributed by atoms with Gasteiger partial charge in [0.05, 0.1) is 13.3 Å². The third kappa shape index (κ3) is 4.16. The molecule has 0 saturated carbocycles. The Morgan fingerprint density at radius 2 is 1.76 bits per heavy atom. The number of aryl methyl sites for hydroxylation is 1. The van der Waals surface area contributed by atoms with E-state index in [1.165, 1.54) is 5.56 Å². The summed E-state index contributed by atoms with van der Waals surface area (Å²) in [6.07, 6.45) is 1.93. The van der Waals surface area contributed by atoms with Crippen LogP contribution >= 0.6 is 11.6 Å². The Balaban J connectivity index is 1.40. The van der Waals surface area contributed by atoms with E-state index in [0.717, 1.165) is 77.3 Å². The highest BCUT2D eigenvalue weighted by Crippen LogP contribution is 2.31. The van der Waals surface area contributed by atoms with E-state index in [4.69, 9.17) is 26.4 Å². The summed E-state index contributed by atoms with van der Waals surface area (Å²) in [6, 6.07) is 16.2. The van der Waals surface area contributed by atoms with Crippen molar-refractivity contribution >= 4 is 23.1 Å². The fourth-order valence-corrected chi connectivity index (χ4v) is 4.78. The van der Waals surface area contributed by atoms with Crippen molar-refractivity contribution in [2.75, 3.05) is 38.2 Å². The Morgan fingerprint density at radius 1 is 1.00 bits per heavy atom. The van der Waals surface area contributed by atoms with Gasteiger partial charge in [-0.05, 0) is 37.6 Å². The molecule has 0 atom stereocenters. The molecule has 2 aromatic heterocycles. The van der Waals surface area contributed by atoms with Crippen LogP contribution in [-0.4, -0.2) is 52.8 Å². The molecule has 4 aromatic rings. The molecule has 33 heavy (non-hydrogen) atoms. The van der Waals surface area contributed by atoms with E-state index in [2.05, 4.69) is 47.9 Å². The van der Waals surface area contributed by atoms with E-state index in [0.29, 0.717) is 0 Å². The first-order valence-electron chi connectivity index (χ1n) is 11.2. The molecule has 7 heteroatoms. The first-order chi connectivity index (χ1) is 16.0. The monoisotopic (exact) mass is 461 g/mol. The lowest BCUT2D eigenvalue weighted by molar-refractivity contribution is 0.245. The van der Waals surface area contributed by atoms with E-state index >= 15 is 0 Å². The standard InChI is InChI=1S/C26H28ClN5O/c1-18-19(2)29-25-23(20-7-5-4-6-8-20)16-28-32(25)26(18)31-13-11-30(12-14-31)17-21-15-22(27)9-10-24(21)33-3/h4-10,15-16H,11-14,17H2,1-3H3. The number of hydrogen-bond donors (Lipinski definition) is 0. The van der Waals surface area contributed by atoms with Gasteiger partial charge in [0.1, 0.15) is 11.6 Å². The molecule has 5 rings (SSSR count). The normalized spacial score (nSPS) is 14.7. The number of aromatic nitrogens is 3. The Labute approximate surface area is 199 Å². The molecule has 6 nitrogen and oxygen atoms in total. The molecule has 0 amide bonds. The molecule has 170 valence electrons. The van der Waals surface area contributed by atoms with Crippen LogP contribution in [0, 0.1) is 13.8 Å². The van der Waals surface area contributed by atoms with Crippen molar-refractivity contribution in [3.63, 3.8) is 0 Å². The van der Waals surface area contributed by atoms with Crippen molar-refractivity contribution in [2.24, 2.45) is 0 Å². The number of piperazine rings is 1. The molecule has 0 bridgehead atoms. The molecule has 2 aromatic carbocycles. The van der Waals surface area contributed by atoms with Crippen molar-refractivity contribution in [3.05, 3.63) is 76.6 Å². The number of methoxy groups -OCH3 is 1. The SMILES string of the molecule is COc1ccc(Cl)cc1CN1CCN(c2c(C)c(C)nc3c(-c4ccccc4)cnn23)CC1. The lowest BCUT2D eigenvalue weighted by atomic mass is 10.1. The minimum atomic E-state index is 0.739. The molecule has 0 N–H and O–H groups in total. The Morgan fingerprint density at radius 3 is 2.48 bits per heavy atom. The highest BCUT2D eigenvalue weighted by atomic mass is 35.5. The topological polar surface area (TPSA) is 45.9 Å². The van der Waals surface area contributed by atoms with E-state index in [-0.39, 0.29) is 0 Å². The van der Waals surface area contributed by atoms with Gasteiger partial charge in [0.25, 0.3) is 0 Å². The lowest BCUT2D eigenvalue weighted by Crippen LogP contribution is -2.47. The molecule has 0 unspecified atom stereocenters.